The van der Waals surface area contributed by atoms with Crippen molar-refractivity contribution in [2.45, 2.75) is 55.5 Å². The summed E-state index contributed by atoms with van der Waals surface area (Å²) in [4.78, 5) is 26.4. The molecule has 0 unspecified atom stereocenters. The number of nitrogens with one attached hydrogen (secondary N) is 3. The summed E-state index contributed by atoms with van der Waals surface area (Å²) in [6, 6.07) is 16.2. The number of hydrazine groups is 1. The Morgan fingerprint density at radius 2 is 1.66 bits per heavy atom. The predicted octanol–water partition coefficient (Wildman–Crippen LogP) is 4.24. The molecule has 5 N–H and O–H groups in total. The van der Waals surface area contributed by atoms with E-state index in [9.17, 15) is 23.6 Å². The summed E-state index contributed by atoms with van der Waals surface area (Å²) in [5.41, 5.74) is 0.200. The Kier molecular flexibility index (Phi) is 6.15. The Labute approximate surface area is 217 Å². The fourth-order valence-corrected chi connectivity index (χ4v) is 4.68. The monoisotopic (exact) mass is 520 g/mol. The van der Waals surface area contributed by atoms with Crippen LogP contribution in [0, 0.1) is 16.7 Å². The molecular formula is C27H26F2N6O3. The molecule has 2 aromatic carbocycles. The quantitative estimate of drug-likeness (QED) is 0.159. The summed E-state index contributed by atoms with van der Waals surface area (Å²) in [5.74, 6) is 1.41. The normalized spacial score (nSPS) is 18.7. The highest BCUT2D eigenvalue weighted by Gasteiger charge is 2.53. The molecule has 38 heavy (non-hydrogen) atoms. The number of amides is 2. The van der Waals surface area contributed by atoms with E-state index in [2.05, 4.69) is 16.7 Å². The van der Waals surface area contributed by atoms with E-state index < -0.39 is 41.7 Å². The van der Waals surface area contributed by atoms with Crippen LogP contribution in [0.4, 0.5) is 14.5 Å². The van der Waals surface area contributed by atoms with Gasteiger partial charge in [0.15, 0.2) is 5.76 Å². The van der Waals surface area contributed by atoms with Gasteiger partial charge in [-0.3, -0.25) is 20.0 Å². The second-order valence-electron chi connectivity index (χ2n) is 9.99. The van der Waals surface area contributed by atoms with E-state index in [0.29, 0.717) is 29.5 Å². The summed E-state index contributed by atoms with van der Waals surface area (Å²) in [6.07, 6.45) is 0.356. The molecule has 1 heterocycles. The van der Waals surface area contributed by atoms with Crippen molar-refractivity contribution in [2.75, 3.05) is 5.01 Å². The Hall–Kier alpha value is -4.30. The third kappa shape index (κ3) is 4.82. The van der Waals surface area contributed by atoms with Crippen molar-refractivity contribution in [3.05, 3.63) is 54.3 Å². The van der Waals surface area contributed by atoms with Crippen LogP contribution in [0.5, 0.6) is 0 Å². The van der Waals surface area contributed by atoms with Crippen molar-refractivity contribution in [3.8, 4) is 17.2 Å². The lowest BCUT2D eigenvalue weighted by molar-refractivity contribution is -0.133. The summed E-state index contributed by atoms with van der Waals surface area (Å²) in [7, 11) is 0. The van der Waals surface area contributed by atoms with Gasteiger partial charge in [0.1, 0.15) is 23.0 Å². The number of nitrogens with zero attached hydrogens (tertiary/aromatic N) is 2. The van der Waals surface area contributed by atoms with Crippen molar-refractivity contribution in [1.29, 1.82) is 10.7 Å². The Morgan fingerprint density at radius 3 is 2.26 bits per heavy atom. The van der Waals surface area contributed by atoms with Gasteiger partial charge in [-0.25, -0.2) is 14.6 Å². The van der Waals surface area contributed by atoms with Gasteiger partial charge >= 0.3 is 0 Å². The van der Waals surface area contributed by atoms with E-state index >= 15 is 0 Å². The smallest absolute Gasteiger partial charge is 0.287 e. The van der Waals surface area contributed by atoms with Gasteiger partial charge < -0.3 is 15.1 Å². The molecule has 0 spiro atoms. The molecule has 0 radical (unpaired) electrons. The number of nitriles is 1. The number of carbonyl (C=O) groups is 2. The molecule has 2 amide bonds. The van der Waals surface area contributed by atoms with Crippen LogP contribution in [0.1, 0.15) is 49.1 Å². The molecule has 2 aliphatic rings. The highest BCUT2D eigenvalue weighted by molar-refractivity contribution is 6.01. The second kappa shape index (κ2) is 9.22. The zero-order chi connectivity index (χ0) is 27.1. The molecule has 3 aromatic rings. The molecule has 0 atom stereocenters. The van der Waals surface area contributed by atoms with Crippen LogP contribution in [0.15, 0.2) is 52.9 Å². The molecule has 2 saturated carbocycles. The van der Waals surface area contributed by atoms with Gasteiger partial charge in [0.25, 0.3) is 5.91 Å². The predicted molar refractivity (Wildman–Crippen MR) is 136 cm³/mol. The van der Waals surface area contributed by atoms with Crippen LogP contribution in [0.25, 0.3) is 22.1 Å². The number of anilines is 1. The van der Waals surface area contributed by atoms with Crippen molar-refractivity contribution in [2.24, 2.45) is 5.84 Å². The molecular weight excluding hydrogens is 494 g/mol. The zero-order valence-corrected chi connectivity index (χ0v) is 20.4. The summed E-state index contributed by atoms with van der Waals surface area (Å²) >= 11 is 0. The SMILES string of the molecule is N#CC1(NC(=O)C2(NC(=O)c3cc4ccc(-c5ccc(N(N)C=N)cc5)cc4o3)CCC(F)(F)CC2)CC1. The number of rotatable bonds is 7. The summed E-state index contributed by atoms with van der Waals surface area (Å²) in [6.45, 7) is 0. The van der Waals surface area contributed by atoms with E-state index in [4.69, 9.17) is 15.7 Å². The molecule has 11 heteroatoms. The molecule has 9 nitrogen and oxygen atoms in total. The van der Waals surface area contributed by atoms with E-state index in [1.54, 1.807) is 24.3 Å². The van der Waals surface area contributed by atoms with Crippen molar-refractivity contribution in [3.63, 3.8) is 0 Å². The Morgan fingerprint density at radius 1 is 1.00 bits per heavy atom. The number of fused-ring (bicyclic) bond motifs is 1. The number of furan rings is 1. The van der Waals surface area contributed by atoms with E-state index in [1.165, 1.54) is 11.1 Å². The number of carbonyl (C=O) groups excluding carboxylic acids is 2. The highest BCUT2D eigenvalue weighted by atomic mass is 19.3. The molecule has 0 saturated heterocycles. The summed E-state index contributed by atoms with van der Waals surface area (Å²) < 4.78 is 33.7. The van der Waals surface area contributed by atoms with Gasteiger partial charge in [-0.05, 0) is 61.1 Å². The van der Waals surface area contributed by atoms with Crippen molar-refractivity contribution >= 4 is 34.8 Å². The average molecular weight is 521 g/mol. The van der Waals surface area contributed by atoms with Crippen molar-refractivity contribution < 1.29 is 22.8 Å². The maximum absolute atomic E-state index is 14.0. The number of hydrogen-bond acceptors (Lipinski definition) is 6. The maximum Gasteiger partial charge on any atom is 0.287 e. The zero-order valence-electron chi connectivity index (χ0n) is 20.4. The van der Waals surface area contributed by atoms with Gasteiger partial charge in [0, 0.05) is 18.2 Å². The third-order valence-corrected chi connectivity index (χ3v) is 7.32. The first-order chi connectivity index (χ1) is 18.1. The highest BCUT2D eigenvalue weighted by Crippen LogP contribution is 2.41. The number of halogens is 2. The number of benzene rings is 2. The lowest BCUT2D eigenvalue weighted by atomic mass is 9.78. The first-order valence-electron chi connectivity index (χ1n) is 12.2. The molecule has 196 valence electrons. The number of hydrogen-bond donors (Lipinski definition) is 4. The van der Waals surface area contributed by atoms with E-state index in [-0.39, 0.29) is 18.6 Å². The standard InChI is InChI=1S/C27H26F2N6O3/c28-27(29)11-9-26(10-12-27,24(37)34-25(15-30)7-8-25)33-23(36)22-14-19-2-1-18(13-21(19)38-22)17-3-5-20(6-4-17)35(32)16-31/h1-6,13-14,16,31H,7-12,32H2,(H,33,36)(H,34,37). The fraction of sp³-hybridized carbons (Fsp3) is 0.333. The maximum atomic E-state index is 14.0. The number of alkyl halides is 2. The average Bonchev–Trinajstić information content (AvgIpc) is 3.56. The minimum absolute atomic E-state index is 0.0526. The molecule has 0 aliphatic heterocycles. The van der Waals surface area contributed by atoms with E-state index in [1.807, 2.05) is 18.2 Å². The van der Waals surface area contributed by atoms with Crippen molar-refractivity contribution in [1.82, 2.24) is 10.6 Å². The van der Waals surface area contributed by atoms with Gasteiger partial charge in [-0.1, -0.05) is 24.3 Å². The molecule has 2 fully saturated rings. The van der Waals surface area contributed by atoms with Gasteiger partial charge in [0.2, 0.25) is 11.8 Å². The van der Waals surface area contributed by atoms with Crippen LogP contribution in [0.2, 0.25) is 0 Å². The largest absolute Gasteiger partial charge is 0.451 e. The fourth-order valence-electron chi connectivity index (χ4n) is 4.68. The third-order valence-electron chi connectivity index (χ3n) is 7.32. The van der Waals surface area contributed by atoms with Gasteiger partial charge in [-0.15, -0.1) is 0 Å². The number of nitrogens with two attached hydrogens (primary N) is 1. The minimum atomic E-state index is -2.92. The van der Waals surface area contributed by atoms with Crippen LogP contribution >= 0.6 is 0 Å². The second-order valence-corrected chi connectivity index (χ2v) is 9.99. The van der Waals surface area contributed by atoms with Crippen LogP contribution < -0.4 is 21.5 Å². The first-order valence-corrected chi connectivity index (χ1v) is 12.2. The molecule has 1 aromatic heterocycles. The summed E-state index contributed by atoms with van der Waals surface area (Å²) in [5, 5.41) is 23.8. The van der Waals surface area contributed by atoms with Crippen LogP contribution in [-0.4, -0.2) is 35.2 Å². The van der Waals surface area contributed by atoms with Gasteiger partial charge in [-0.2, -0.15) is 5.26 Å². The minimum Gasteiger partial charge on any atom is -0.451 e. The van der Waals surface area contributed by atoms with Crippen LogP contribution in [-0.2, 0) is 4.79 Å². The topological polar surface area (TPSA) is 148 Å². The molecule has 5 rings (SSSR count). The first kappa shape index (κ1) is 25.4. The molecule has 2 aliphatic carbocycles. The Bertz CT molecular complexity index is 1450. The van der Waals surface area contributed by atoms with Gasteiger partial charge in [0.05, 0.1) is 11.8 Å². The molecule has 0 bridgehead atoms. The lowest BCUT2D eigenvalue weighted by Crippen LogP contribution is -2.62. The van der Waals surface area contributed by atoms with Crippen LogP contribution in [0.3, 0.4) is 0 Å². The Balaban J connectivity index is 1.38. The lowest BCUT2D eigenvalue weighted by Gasteiger charge is -2.39. The van der Waals surface area contributed by atoms with E-state index in [0.717, 1.165) is 17.5 Å².